The number of carbonyl (C=O) groups is 1. The Morgan fingerprint density at radius 2 is 1.96 bits per heavy atom. The van der Waals surface area contributed by atoms with Crippen LogP contribution < -0.4 is 0 Å². The third-order valence-corrected chi connectivity index (χ3v) is 6.17. The molecule has 0 bridgehead atoms. The first kappa shape index (κ1) is 17.4. The monoisotopic (exact) mass is 377 g/mol. The third-order valence-electron chi connectivity index (χ3n) is 3.57. The summed E-state index contributed by atoms with van der Waals surface area (Å²) in [6.07, 6.45) is 1.44. The van der Waals surface area contributed by atoms with Gasteiger partial charge in [-0.05, 0) is 31.4 Å². The number of aliphatic carboxylic acids is 1. The Morgan fingerprint density at radius 3 is 2.56 bits per heavy atom. The maximum absolute atomic E-state index is 13.1. The number of carboxylic acids is 1. The fraction of sp³-hybridized carbons (Fsp3) is 0.188. The van der Waals surface area contributed by atoms with E-state index < -0.39 is 15.8 Å². The average molecular weight is 377 g/mol. The number of fused-ring (bicyclic) bond motifs is 1. The van der Waals surface area contributed by atoms with Crippen LogP contribution in [0.4, 0.5) is 0 Å². The molecule has 0 aliphatic heterocycles. The van der Waals surface area contributed by atoms with E-state index in [0.29, 0.717) is 11.4 Å². The number of rotatable bonds is 5. The van der Waals surface area contributed by atoms with Gasteiger partial charge in [-0.2, -0.15) is 5.10 Å². The average Bonchev–Trinajstić information content (AvgIpc) is 2.94. The smallest absolute Gasteiger partial charge is 0.309 e. The van der Waals surface area contributed by atoms with Crippen LogP contribution in [-0.2, 0) is 21.1 Å². The number of sulfone groups is 1. The zero-order valence-electron chi connectivity index (χ0n) is 13.5. The van der Waals surface area contributed by atoms with Crippen molar-refractivity contribution < 1.29 is 18.3 Å². The van der Waals surface area contributed by atoms with Crippen LogP contribution in [0.3, 0.4) is 0 Å². The first-order valence-corrected chi connectivity index (χ1v) is 10.0. The number of aromatic nitrogens is 3. The van der Waals surface area contributed by atoms with Gasteiger partial charge in [0, 0.05) is 5.69 Å². The Kier molecular flexibility index (Phi) is 4.53. The zero-order chi connectivity index (χ0) is 18.2. The summed E-state index contributed by atoms with van der Waals surface area (Å²) in [7, 11) is -3.84. The molecule has 7 nitrogen and oxygen atoms in total. The molecule has 0 spiro atoms. The molecule has 0 saturated heterocycles. The number of thioether (sulfide) groups is 1. The van der Waals surface area contributed by atoms with Crippen LogP contribution in [0.1, 0.15) is 11.4 Å². The molecule has 0 aliphatic carbocycles. The molecule has 9 heteroatoms. The van der Waals surface area contributed by atoms with Crippen molar-refractivity contribution in [2.24, 2.45) is 0 Å². The van der Waals surface area contributed by atoms with Crippen molar-refractivity contribution >= 4 is 33.2 Å². The third kappa shape index (κ3) is 3.12. The molecule has 0 atom stereocenters. The summed E-state index contributed by atoms with van der Waals surface area (Å²) in [5.74, 6) is -1.03. The van der Waals surface area contributed by atoms with Gasteiger partial charge in [-0.25, -0.2) is 17.9 Å². The van der Waals surface area contributed by atoms with Crippen LogP contribution in [-0.4, -0.2) is 40.3 Å². The lowest BCUT2D eigenvalue weighted by Gasteiger charge is -2.06. The van der Waals surface area contributed by atoms with E-state index in [2.05, 4.69) is 10.1 Å². The minimum Gasteiger partial charge on any atom is -0.481 e. The fourth-order valence-corrected chi connectivity index (χ4v) is 4.96. The van der Waals surface area contributed by atoms with Crippen LogP contribution >= 0.6 is 11.8 Å². The van der Waals surface area contributed by atoms with Crippen molar-refractivity contribution in [3.05, 3.63) is 47.8 Å². The van der Waals surface area contributed by atoms with Gasteiger partial charge in [-0.3, -0.25) is 4.79 Å². The summed E-state index contributed by atoms with van der Waals surface area (Å²) < 4.78 is 27.5. The standard InChI is InChI=1S/C16H15N3O4S2/c1-10-8-11(9-13(20)21)19-15(17-10)14(16(18-19)24-2)25(22,23)12-6-4-3-5-7-12/h3-8H,9H2,1-2H3,(H,20,21). The van der Waals surface area contributed by atoms with E-state index in [9.17, 15) is 13.2 Å². The molecule has 2 heterocycles. The second kappa shape index (κ2) is 6.49. The van der Waals surface area contributed by atoms with Crippen LogP contribution in [0.5, 0.6) is 0 Å². The van der Waals surface area contributed by atoms with E-state index in [1.165, 1.54) is 28.4 Å². The van der Waals surface area contributed by atoms with Crippen LogP contribution in [0, 0.1) is 6.92 Å². The molecule has 1 N–H and O–H groups in total. The van der Waals surface area contributed by atoms with Gasteiger partial charge >= 0.3 is 5.97 Å². The van der Waals surface area contributed by atoms with Crippen molar-refractivity contribution in [3.63, 3.8) is 0 Å². The van der Waals surface area contributed by atoms with Gasteiger partial charge in [0.25, 0.3) is 0 Å². The lowest BCUT2D eigenvalue weighted by Crippen LogP contribution is -2.09. The predicted octanol–water partition coefficient (Wildman–Crippen LogP) is 2.22. The Morgan fingerprint density at radius 1 is 1.28 bits per heavy atom. The molecule has 0 unspecified atom stereocenters. The highest BCUT2D eigenvalue weighted by Crippen LogP contribution is 2.32. The summed E-state index contributed by atoms with van der Waals surface area (Å²) in [6.45, 7) is 1.69. The fourth-order valence-electron chi connectivity index (χ4n) is 2.54. The maximum atomic E-state index is 13.1. The van der Waals surface area contributed by atoms with Crippen LogP contribution in [0.15, 0.2) is 51.2 Å². The molecule has 0 aliphatic rings. The van der Waals surface area contributed by atoms with Crippen molar-refractivity contribution in [3.8, 4) is 0 Å². The number of nitrogens with zero attached hydrogens (tertiary/aromatic N) is 3. The minimum atomic E-state index is -3.84. The van der Waals surface area contributed by atoms with E-state index in [0.717, 1.165) is 0 Å². The molecular formula is C16H15N3O4S2. The first-order valence-electron chi connectivity index (χ1n) is 7.29. The summed E-state index contributed by atoms with van der Waals surface area (Å²) in [4.78, 5) is 15.6. The van der Waals surface area contributed by atoms with E-state index in [-0.39, 0.29) is 26.9 Å². The number of hydrogen-bond donors (Lipinski definition) is 1. The second-order valence-corrected chi connectivity index (χ2v) is 8.03. The summed E-state index contributed by atoms with van der Waals surface area (Å²) >= 11 is 1.18. The molecule has 2 aromatic heterocycles. The molecule has 0 saturated carbocycles. The molecule has 25 heavy (non-hydrogen) atoms. The SMILES string of the molecule is CSc1nn2c(CC(=O)O)cc(C)nc2c1S(=O)(=O)c1ccccc1. The van der Waals surface area contributed by atoms with Gasteiger partial charge in [0.1, 0.15) is 5.03 Å². The molecule has 0 amide bonds. The van der Waals surface area contributed by atoms with Gasteiger partial charge in [0.05, 0.1) is 17.0 Å². The lowest BCUT2D eigenvalue weighted by molar-refractivity contribution is -0.136. The van der Waals surface area contributed by atoms with Gasteiger partial charge < -0.3 is 5.11 Å². The molecule has 1 aromatic carbocycles. The van der Waals surface area contributed by atoms with Gasteiger partial charge in [0.2, 0.25) is 9.84 Å². The quantitative estimate of drug-likeness (QED) is 0.680. The second-order valence-electron chi connectivity index (χ2n) is 5.35. The Balaban J connectivity index is 2.35. The van der Waals surface area contributed by atoms with Crippen LogP contribution in [0.25, 0.3) is 5.65 Å². The summed E-state index contributed by atoms with van der Waals surface area (Å²) in [6, 6.07) is 9.64. The van der Waals surface area contributed by atoms with Crippen molar-refractivity contribution in [2.45, 2.75) is 28.2 Å². The molecular weight excluding hydrogens is 362 g/mol. The van der Waals surface area contributed by atoms with E-state index in [1.807, 2.05) is 0 Å². The topological polar surface area (TPSA) is 102 Å². The van der Waals surface area contributed by atoms with Crippen molar-refractivity contribution in [2.75, 3.05) is 6.26 Å². The first-order chi connectivity index (χ1) is 11.8. The highest BCUT2D eigenvalue weighted by atomic mass is 32.2. The Bertz CT molecular complexity index is 1060. The van der Waals surface area contributed by atoms with Crippen molar-refractivity contribution in [1.29, 1.82) is 0 Å². The van der Waals surface area contributed by atoms with E-state index in [1.54, 1.807) is 37.4 Å². The Hall–Kier alpha value is -2.39. The highest BCUT2D eigenvalue weighted by molar-refractivity contribution is 7.99. The maximum Gasteiger partial charge on any atom is 0.309 e. The summed E-state index contributed by atoms with van der Waals surface area (Å²) in [5.41, 5.74) is 1.05. The number of aryl methyl sites for hydroxylation is 1. The molecule has 0 fully saturated rings. The number of carboxylic acid groups (broad SMARTS) is 1. The Labute approximate surface area is 148 Å². The molecule has 130 valence electrons. The van der Waals surface area contributed by atoms with Gasteiger partial charge in [0.15, 0.2) is 10.5 Å². The van der Waals surface area contributed by atoms with Crippen LogP contribution in [0.2, 0.25) is 0 Å². The van der Waals surface area contributed by atoms with E-state index >= 15 is 0 Å². The highest BCUT2D eigenvalue weighted by Gasteiger charge is 2.29. The summed E-state index contributed by atoms with van der Waals surface area (Å²) in [5, 5.41) is 13.7. The molecule has 3 aromatic rings. The predicted molar refractivity (Wildman–Crippen MR) is 92.7 cm³/mol. The zero-order valence-corrected chi connectivity index (χ0v) is 15.1. The van der Waals surface area contributed by atoms with E-state index in [4.69, 9.17) is 5.11 Å². The lowest BCUT2D eigenvalue weighted by atomic mass is 10.2. The minimum absolute atomic E-state index is 0.00142. The largest absolute Gasteiger partial charge is 0.481 e. The number of hydrogen-bond acceptors (Lipinski definition) is 6. The molecule has 3 rings (SSSR count). The van der Waals surface area contributed by atoms with Gasteiger partial charge in [-0.15, -0.1) is 11.8 Å². The number of benzene rings is 1. The normalized spacial score (nSPS) is 11.8. The van der Waals surface area contributed by atoms with Crippen molar-refractivity contribution in [1.82, 2.24) is 14.6 Å². The van der Waals surface area contributed by atoms with Gasteiger partial charge in [-0.1, -0.05) is 18.2 Å². The molecule has 0 radical (unpaired) electrons.